The maximum Gasteiger partial charge on any atom is 0.416 e. The van der Waals surface area contributed by atoms with Crippen molar-refractivity contribution in [2.45, 2.75) is 12.4 Å². The Morgan fingerprint density at radius 3 is 1.19 bits per heavy atom. The zero-order valence-electron chi connectivity index (χ0n) is 12.9. The van der Waals surface area contributed by atoms with E-state index in [0.717, 1.165) is 24.3 Å². The molecule has 0 saturated carbocycles. The van der Waals surface area contributed by atoms with Gasteiger partial charge in [-0.25, -0.2) is 9.59 Å². The van der Waals surface area contributed by atoms with E-state index in [1.54, 1.807) is 0 Å². The molecule has 0 bridgehead atoms. The van der Waals surface area contributed by atoms with Crippen LogP contribution in [-0.2, 0) is 20.7 Å². The number of rotatable bonds is 4. The van der Waals surface area contributed by atoms with Gasteiger partial charge in [0.1, 0.15) is 0 Å². The van der Waals surface area contributed by atoms with Crippen molar-refractivity contribution in [3.05, 3.63) is 70.8 Å². The van der Waals surface area contributed by atoms with Crippen LogP contribution in [0, 0.1) is 0 Å². The molecule has 11 heteroatoms. The van der Waals surface area contributed by atoms with Gasteiger partial charge in [-0.3, -0.25) is 0 Å². The molecule has 144 valence electrons. The SMILES string of the molecule is O=C(OSOC(=O)c1ccc(C(F)(F)F)cc1)c1ccc(C(F)(F)F)cc1. The molecule has 0 aliphatic rings. The minimum atomic E-state index is -4.56. The average molecular weight is 410 g/mol. The molecule has 0 heterocycles. The molecule has 27 heavy (non-hydrogen) atoms. The van der Waals surface area contributed by atoms with Crippen molar-refractivity contribution in [1.29, 1.82) is 0 Å². The van der Waals surface area contributed by atoms with E-state index in [4.69, 9.17) is 0 Å². The largest absolute Gasteiger partial charge is 0.416 e. The molecule has 2 rings (SSSR count). The molecule has 0 spiro atoms. The van der Waals surface area contributed by atoms with Gasteiger partial charge in [-0.05, 0) is 48.5 Å². The second kappa shape index (κ2) is 7.91. The molecule has 2 aromatic carbocycles. The van der Waals surface area contributed by atoms with Crippen LogP contribution in [-0.4, -0.2) is 11.9 Å². The lowest BCUT2D eigenvalue weighted by Crippen LogP contribution is -2.08. The van der Waals surface area contributed by atoms with Crippen LogP contribution in [0.3, 0.4) is 0 Å². The zero-order chi connectivity index (χ0) is 20.2. The molecule has 4 nitrogen and oxygen atoms in total. The van der Waals surface area contributed by atoms with Gasteiger partial charge in [0.25, 0.3) is 12.3 Å². The normalized spacial score (nSPS) is 11.8. The van der Waals surface area contributed by atoms with Gasteiger partial charge < -0.3 is 8.37 Å². The molecule has 0 unspecified atom stereocenters. The van der Waals surface area contributed by atoms with Crippen molar-refractivity contribution in [1.82, 2.24) is 0 Å². The number of benzene rings is 2. The van der Waals surface area contributed by atoms with E-state index in [1.165, 1.54) is 0 Å². The molecule has 0 saturated heterocycles. The van der Waals surface area contributed by atoms with E-state index >= 15 is 0 Å². The molecule has 0 N–H and O–H groups in total. The van der Waals surface area contributed by atoms with Gasteiger partial charge in [0.05, 0.1) is 22.3 Å². The third-order valence-electron chi connectivity index (χ3n) is 3.12. The minimum Gasteiger partial charge on any atom is -0.350 e. The fourth-order valence-electron chi connectivity index (χ4n) is 1.77. The maximum atomic E-state index is 12.4. The highest BCUT2D eigenvalue weighted by Crippen LogP contribution is 2.30. The van der Waals surface area contributed by atoms with Crippen molar-refractivity contribution in [3.63, 3.8) is 0 Å². The number of alkyl halides is 6. The molecule has 0 atom stereocenters. The van der Waals surface area contributed by atoms with Crippen molar-refractivity contribution in [3.8, 4) is 0 Å². The highest BCUT2D eigenvalue weighted by Gasteiger charge is 2.31. The van der Waals surface area contributed by atoms with Gasteiger partial charge in [-0.1, -0.05) is 0 Å². The van der Waals surface area contributed by atoms with Gasteiger partial charge in [0.15, 0.2) is 0 Å². The summed E-state index contributed by atoms with van der Waals surface area (Å²) in [5.74, 6) is -2.15. The van der Waals surface area contributed by atoms with Gasteiger partial charge in [0, 0.05) is 0 Å². The summed E-state index contributed by atoms with van der Waals surface area (Å²) in [7, 11) is 0. The number of hydrogen-bond acceptors (Lipinski definition) is 5. The summed E-state index contributed by atoms with van der Waals surface area (Å²) in [6.45, 7) is 0. The molecule has 0 aliphatic heterocycles. The molecule has 0 fully saturated rings. The molecule has 2 aromatic rings. The fraction of sp³-hybridized carbons (Fsp3) is 0.125. The summed E-state index contributed by atoms with van der Waals surface area (Å²) in [6.07, 6.45) is -9.12. The van der Waals surface area contributed by atoms with Crippen LogP contribution in [0.15, 0.2) is 48.5 Å². The molecule has 0 aromatic heterocycles. The molecule has 0 aliphatic carbocycles. The molecular weight excluding hydrogens is 402 g/mol. The minimum absolute atomic E-state index is 0.0649. The molecule has 0 amide bonds. The lowest BCUT2D eigenvalue weighted by molar-refractivity contribution is -0.138. The smallest absolute Gasteiger partial charge is 0.350 e. The summed E-state index contributed by atoms with van der Waals surface area (Å²) in [5.41, 5.74) is -2.36. The lowest BCUT2D eigenvalue weighted by Gasteiger charge is -2.08. The second-order valence-electron chi connectivity index (χ2n) is 4.96. The van der Waals surface area contributed by atoms with Gasteiger partial charge in [-0.2, -0.15) is 26.3 Å². The van der Waals surface area contributed by atoms with Crippen molar-refractivity contribution < 1.29 is 44.3 Å². The Morgan fingerprint density at radius 1 is 0.630 bits per heavy atom. The van der Waals surface area contributed by atoms with Crippen LogP contribution in [0.1, 0.15) is 31.8 Å². The van der Waals surface area contributed by atoms with E-state index in [2.05, 4.69) is 8.37 Å². The monoisotopic (exact) mass is 410 g/mol. The van der Waals surface area contributed by atoms with E-state index in [0.29, 0.717) is 24.3 Å². The Morgan fingerprint density at radius 2 is 0.926 bits per heavy atom. The second-order valence-corrected chi connectivity index (χ2v) is 5.43. The predicted octanol–water partition coefficient (Wildman–Crippen LogP) is 5.30. The number of hydrogen-bond donors (Lipinski definition) is 0. The fourth-order valence-corrected chi connectivity index (χ4v) is 2.12. The Hall–Kier alpha value is -2.69. The van der Waals surface area contributed by atoms with Crippen molar-refractivity contribution in [2.24, 2.45) is 0 Å². The third-order valence-corrected chi connectivity index (χ3v) is 3.55. The number of carbonyl (C=O) groups excluding carboxylic acids is 2. The van der Waals surface area contributed by atoms with Gasteiger partial charge in [0.2, 0.25) is 0 Å². The number of halogens is 6. The topological polar surface area (TPSA) is 52.6 Å². The van der Waals surface area contributed by atoms with E-state index in [9.17, 15) is 35.9 Å². The standard InChI is InChI=1S/C16H8F6O4S/c17-15(18,19)11-5-1-9(2-6-11)13(23)25-27-26-14(24)10-3-7-12(8-4-10)16(20,21)22/h1-8H. The highest BCUT2D eigenvalue weighted by molar-refractivity contribution is 7.90. The maximum absolute atomic E-state index is 12.4. The summed E-state index contributed by atoms with van der Waals surface area (Å²) >= 11 is -0.0649. The van der Waals surface area contributed by atoms with Crippen LogP contribution in [0.2, 0.25) is 0 Å². The summed E-state index contributed by atoms with van der Waals surface area (Å²) in [5, 5.41) is 0. The highest BCUT2D eigenvalue weighted by atomic mass is 32.2. The van der Waals surface area contributed by atoms with Crippen molar-refractivity contribution >= 4 is 24.3 Å². The quantitative estimate of drug-likeness (QED) is 0.506. The first-order chi connectivity index (χ1) is 12.5. The summed E-state index contributed by atoms with van der Waals surface area (Å²) in [6, 6.07) is 6.22. The first-order valence-electron chi connectivity index (χ1n) is 6.93. The Labute approximate surface area is 152 Å². The van der Waals surface area contributed by atoms with Crippen LogP contribution in [0.4, 0.5) is 26.3 Å². The Balaban J connectivity index is 1.88. The average Bonchev–Trinajstić information content (AvgIpc) is 2.60. The van der Waals surface area contributed by atoms with E-state index in [-0.39, 0.29) is 23.5 Å². The van der Waals surface area contributed by atoms with Crippen LogP contribution < -0.4 is 0 Å². The summed E-state index contributed by atoms with van der Waals surface area (Å²) < 4.78 is 83.5. The lowest BCUT2D eigenvalue weighted by atomic mass is 10.1. The summed E-state index contributed by atoms with van der Waals surface area (Å²) in [4.78, 5) is 23.3. The van der Waals surface area contributed by atoms with Gasteiger partial charge >= 0.3 is 24.3 Å². The molecule has 0 radical (unpaired) electrons. The number of carbonyl (C=O) groups is 2. The van der Waals surface area contributed by atoms with Crippen LogP contribution >= 0.6 is 12.3 Å². The van der Waals surface area contributed by atoms with E-state index in [1.807, 2.05) is 0 Å². The predicted molar refractivity (Wildman–Crippen MR) is 81.3 cm³/mol. The first-order valence-corrected chi connectivity index (χ1v) is 7.59. The molecular formula is C16H8F6O4S. The van der Waals surface area contributed by atoms with Crippen LogP contribution in [0.25, 0.3) is 0 Å². The first kappa shape index (κ1) is 20.6. The third kappa shape index (κ3) is 5.64. The Kier molecular flexibility index (Phi) is 6.04. The van der Waals surface area contributed by atoms with Gasteiger partial charge in [-0.15, -0.1) is 0 Å². The van der Waals surface area contributed by atoms with E-state index < -0.39 is 35.4 Å². The van der Waals surface area contributed by atoms with Crippen LogP contribution in [0.5, 0.6) is 0 Å². The van der Waals surface area contributed by atoms with Crippen molar-refractivity contribution in [2.75, 3.05) is 0 Å². The Bertz CT molecular complexity index is 743. The zero-order valence-corrected chi connectivity index (χ0v) is 13.7.